The van der Waals surface area contributed by atoms with Gasteiger partial charge in [0.15, 0.2) is 0 Å². The van der Waals surface area contributed by atoms with Crippen molar-refractivity contribution in [3.8, 4) is 16.9 Å². The molecule has 3 aromatic rings. The smallest absolute Gasteiger partial charge is 0.407 e. The summed E-state index contributed by atoms with van der Waals surface area (Å²) < 4.78 is 10.5. The number of hydrogen-bond donors (Lipinski definition) is 3. The Labute approximate surface area is 190 Å². The maximum absolute atomic E-state index is 12.3. The van der Waals surface area contributed by atoms with Crippen LogP contribution in [0.5, 0.6) is 5.75 Å². The molecule has 0 spiro atoms. The maximum atomic E-state index is 12.3. The predicted octanol–water partition coefficient (Wildman–Crippen LogP) is 3.87. The number of aromatic carboxylic acids is 1. The lowest BCUT2D eigenvalue weighted by Gasteiger charge is -2.15. The minimum atomic E-state index is -1.13. The van der Waals surface area contributed by atoms with Crippen LogP contribution in [0, 0.1) is 0 Å². The number of anilines is 1. The number of carboxylic acid groups (broad SMARTS) is 1. The molecule has 0 saturated carbocycles. The molecule has 3 aromatic carbocycles. The van der Waals surface area contributed by atoms with E-state index in [9.17, 15) is 14.4 Å². The summed E-state index contributed by atoms with van der Waals surface area (Å²) >= 11 is 0. The van der Waals surface area contributed by atoms with Gasteiger partial charge < -0.3 is 25.2 Å². The van der Waals surface area contributed by atoms with Crippen LogP contribution < -0.4 is 15.4 Å². The first-order chi connectivity index (χ1) is 16.0. The predicted molar refractivity (Wildman–Crippen MR) is 122 cm³/mol. The van der Waals surface area contributed by atoms with Crippen LogP contribution in [0.4, 0.5) is 10.5 Å². The number of alkyl carbamates (subject to hydrolysis) is 1. The first-order valence-corrected chi connectivity index (χ1v) is 10.3. The van der Waals surface area contributed by atoms with Gasteiger partial charge in [0.05, 0.1) is 18.4 Å². The number of nitrogens with one attached hydrogen (secondary N) is 2. The van der Waals surface area contributed by atoms with Crippen molar-refractivity contribution >= 4 is 23.7 Å². The Morgan fingerprint density at radius 3 is 2.18 bits per heavy atom. The van der Waals surface area contributed by atoms with Gasteiger partial charge in [-0.2, -0.15) is 0 Å². The van der Waals surface area contributed by atoms with Crippen molar-refractivity contribution in [1.29, 1.82) is 0 Å². The number of carbonyl (C=O) groups is 3. The van der Waals surface area contributed by atoms with Crippen LogP contribution in [0.3, 0.4) is 0 Å². The summed E-state index contributed by atoms with van der Waals surface area (Å²) in [5, 5.41) is 14.1. The van der Waals surface area contributed by atoms with Gasteiger partial charge in [-0.05, 0) is 40.5 Å². The number of amides is 2. The Hall–Kier alpha value is -4.33. The summed E-state index contributed by atoms with van der Waals surface area (Å²) in [6, 6.07) is 20.1. The van der Waals surface area contributed by atoms with Crippen LogP contribution in [-0.4, -0.2) is 43.3 Å². The molecule has 0 heterocycles. The van der Waals surface area contributed by atoms with Crippen LogP contribution in [0.1, 0.15) is 27.4 Å². The number of hydrogen-bond acceptors (Lipinski definition) is 5. The van der Waals surface area contributed by atoms with Crippen molar-refractivity contribution in [3.63, 3.8) is 0 Å². The van der Waals surface area contributed by atoms with Crippen molar-refractivity contribution in [2.24, 2.45) is 0 Å². The van der Waals surface area contributed by atoms with Gasteiger partial charge in [0.25, 0.3) is 0 Å². The van der Waals surface area contributed by atoms with Crippen molar-refractivity contribution < 1.29 is 29.0 Å². The monoisotopic (exact) mass is 446 g/mol. The highest BCUT2D eigenvalue weighted by Crippen LogP contribution is 2.44. The molecule has 1 aliphatic rings. The Balaban J connectivity index is 1.34. The second-order valence-corrected chi connectivity index (χ2v) is 7.45. The zero-order valence-electron chi connectivity index (χ0n) is 17.8. The number of benzene rings is 3. The van der Waals surface area contributed by atoms with Crippen molar-refractivity contribution in [3.05, 3.63) is 83.4 Å². The molecule has 33 heavy (non-hydrogen) atoms. The Morgan fingerprint density at radius 1 is 0.939 bits per heavy atom. The van der Waals surface area contributed by atoms with E-state index in [2.05, 4.69) is 10.6 Å². The SMILES string of the molecule is COc1ccc(C(=O)O)cc1NC(=O)CNC(=O)OCC1c2ccccc2-c2ccccc21. The third-order valence-electron chi connectivity index (χ3n) is 5.46. The molecule has 1 aliphatic carbocycles. The highest BCUT2D eigenvalue weighted by atomic mass is 16.5. The van der Waals surface area contributed by atoms with Crippen LogP contribution in [0.2, 0.25) is 0 Å². The van der Waals surface area contributed by atoms with E-state index in [4.69, 9.17) is 14.6 Å². The Kier molecular flexibility index (Phi) is 6.26. The number of methoxy groups -OCH3 is 1. The Morgan fingerprint density at radius 2 is 1.58 bits per heavy atom. The lowest BCUT2D eigenvalue weighted by atomic mass is 9.98. The van der Waals surface area contributed by atoms with E-state index in [1.54, 1.807) is 0 Å². The van der Waals surface area contributed by atoms with Gasteiger partial charge in [-0.15, -0.1) is 0 Å². The molecule has 168 valence electrons. The maximum Gasteiger partial charge on any atom is 0.407 e. The zero-order chi connectivity index (χ0) is 23.4. The molecule has 3 N–H and O–H groups in total. The molecule has 0 aliphatic heterocycles. The topological polar surface area (TPSA) is 114 Å². The van der Waals surface area contributed by atoms with Crippen LogP contribution in [-0.2, 0) is 9.53 Å². The van der Waals surface area contributed by atoms with Crippen molar-refractivity contribution in [2.45, 2.75) is 5.92 Å². The van der Waals surface area contributed by atoms with Crippen LogP contribution in [0.25, 0.3) is 11.1 Å². The minimum Gasteiger partial charge on any atom is -0.495 e. The fourth-order valence-electron chi connectivity index (χ4n) is 3.93. The summed E-state index contributed by atoms with van der Waals surface area (Å²) in [5.74, 6) is -1.47. The number of fused-ring (bicyclic) bond motifs is 3. The van der Waals surface area contributed by atoms with Gasteiger partial charge in [0.1, 0.15) is 18.9 Å². The molecule has 0 bridgehead atoms. The fraction of sp³-hybridized carbons (Fsp3) is 0.160. The standard InChI is InChI=1S/C25H22N2O6/c1-32-22-11-10-15(24(29)30)12-21(22)27-23(28)13-26-25(31)33-14-20-18-8-4-2-6-16(18)17-7-3-5-9-19(17)20/h2-12,20H,13-14H2,1H3,(H,26,31)(H,27,28)(H,29,30). The average Bonchev–Trinajstić information content (AvgIpc) is 3.15. The van der Waals surface area contributed by atoms with E-state index in [-0.39, 0.29) is 30.3 Å². The number of carbonyl (C=O) groups excluding carboxylic acids is 2. The second kappa shape index (κ2) is 9.44. The summed E-state index contributed by atoms with van der Waals surface area (Å²) in [7, 11) is 1.40. The lowest BCUT2D eigenvalue weighted by Crippen LogP contribution is -2.34. The summed E-state index contributed by atoms with van der Waals surface area (Å²) in [6.07, 6.45) is -0.724. The van der Waals surface area contributed by atoms with Crippen molar-refractivity contribution in [2.75, 3.05) is 25.6 Å². The van der Waals surface area contributed by atoms with Gasteiger partial charge in [-0.3, -0.25) is 4.79 Å². The summed E-state index contributed by atoms with van der Waals surface area (Å²) in [6.45, 7) is -0.215. The molecule has 4 rings (SSSR count). The van der Waals surface area contributed by atoms with E-state index >= 15 is 0 Å². The first-order valence-electron chi connectivity index (χ1n) is 10.3. The molecule has 0 saturated heterocycles. The van der Waals surface area contributed by atoms with Crippen LogP contribution >= 0.6 is 0 Å². The normalized spacial score (nSPS) is 11.8. The van der Waals surface area contributed by atoms with Gasteiger partial charge >= 0.3 is 12.1 Å². The molecule has 8 nitrogen and oxygen atoms in total. The molecule has 0 radical (unpaired) electrons. The lowest BCUT2D eigenvalue weighted by molar-refractivity contribution is -0.115. The molecule has 8 heteroatoms. The second-order valence-electron chi connectivity index (χ2n) is 7.45. The van der Waals surface area contributed by atoms with Crippen molar-refractivity contribution in [1.82, 2.24) is 5.32 Å². The van der Waals surface area contributed by atoms with Gasteiger partial charge in [-0.25, -0.2) is 9.59 Å². The van der Waals surface area contributed by atoms with E-state index in [1.807, 2.05) is 48.5 Å². The zero-order valence-corrected chi connectivity index (χ0v) is 17.8. The summed E-state index contributed by atoms with van der Waals surface area (Å²) in [4.78, 5) is 35.7. The minimum absolute atomic E-state index is 0.00408. The van der Waals surface area contributed by atoms with E-state index in [1.165, 1.54) is 25.3 Å². The number of carboxylic acids is 1. The molecular weight excluding hydrogens is 424 g/mol. The number of rotatable bonds is 7. The van der Waals surface area contributed by atoms with E-state index in [0.29, 0.717) is 5.75 Å². The fourth-order valence-corrected chi connectivity index (χ4v) is 3.93. The molecule has 0 unspecified atom stereocenters. The highest BCUT2D eigenvalue weighted by Gasteiger charge is 2.29. The molecule has 0 fully saturated rings. The molecule has 0 atom stereocenters. The summed E-state index contributed by atoms with van der Waals surface area (Å²) in [5.41, 5.74) is 4.62. The largest absolute Gasteiger partial charge is 0.495 e. The van der Waals surface area contributed by atoms with Gasteiger partial charge in [0.2, 0.25) is 5.91 Å². The third-order valence-corrected chi connectivity index (χ3v) is 5.46. The number of ether oxygens (including phenoxy) is 2. The molecule has 0 aromatic heterocycles. The average molecular weight is 446 g/mol. The van der Waals surface area contributed by atoms with Gasteiger partial charge in [-0.1, -0.05) is 48.5 Å². The highest BCUT2D eigenvalue weighted by molar-refractivity contribution is 5.97. The van der Waals surface area contributed by atoms with Crippen LogP contribution in [0.15, 0.2) is 66.7 Å². The van der Waals surface area contributed by atoms with E-state index in [0.717, 1.165) is 22.3 Å². The van der Waals surface area contributed by atoms with Gasteiger partial charge in [0, 0.05) is 5.92 Å². The molecule has 2 amide bonds. The Bertz CT molecular complexity index is 1180. The third kappa shape index (κ3) is 4.64. The first kappa shape index (κ1) is 21.9. The molecular formula is C25H22N2O6. The van der Waals surface area contributed by atoms with E-state index < -0.39 is 18.0 Å². The quantitative estimate of drug-likeness (QED) is 0.508.